The van der Waals surface area contributed by atoms with Gasteiger partial charge in [0.25, 0.3) is 0 Å². The van der Waals surface area contributed by atoms with Crippen molar-refractivity contribution in [3.63, 3.8) is 0 Å². The van der Waals surface area contributed by atoms with Crippen LogP contribution in [0.2, 0.25) is 0 Å². The fraction of sp³-hybridized carbons (Fsp3) is 0.600. The number of rotatable bonds is 0. The van der Waals surface area contributed by atoms with Crippen molar-refractivity contribution in [3.8, 4) is 0 Å². The first-order chi connectivity index (χ1) is 5.36. The molecular formula is C10H14S. The van der Waals surface area contributed by atoms with Crippen molar-refractivity contribution in [2.75, 3.05) is 0 Å². The van der Waals surface area contributed by atoms with Gasteiger partial charge in [0.1, 0.15) is 0 Å². The van der Waals surface area contributed by atoms with Crippen molar-refractivity contribution in [2.45, 2.75) is 39.0 Å². The van der Waals surface area contributed by atoms with Gasteiger partial charge < -0.3 is 0 Å². The van der Waals surface area contributed by atoms with E-state index in [9.17, 15) is 0 Å². The zero-order chi connectivity index (χ0) is 7.68. The molecule has 0 aromatic carbocycles. The molecule has 0 saturated carbocycles. The molecule has 0 aliphatic heterocycles. The van der Waals surface area contributed by atoms with Gasteiger partial charge in [0, 0.05) is 9.75 Å². The lowest BCUT2D eigenvalue weighted by molar-refractivity contribution is 0.712. The largest absolute Gasteiger partial charge is 0.145 e. The lowest BCUT2D eigenvalue weighted by Gasteiger charge is -1.92. The zero-order valence-corrected chi connectivity index (χ0v) is 7.84. The summed E-state index contributed by atoms with van der Waals surface area (Å²) < 4.78 is 0. The van der Waals surface area contributed by atoms with Gasteiger partial charge in [-0.25, -0.2) is 0 Å². The summed E-state index contributed by atoms with van der Waals surface area (Å²) in [4.78, 5) is 3.16. The highest BCUT2D eigenvalue weighted by Crippen LogP contribution is 2.27. The van der Waals surface area contributed by atoms with E-state index in [1.54, 1.807) is 10.4 Å². The molecule has 1 heteroatoms. The molecule has 0 saturated heterocycles. The van der Waals surface area contributed by atoms with E-state index in [1.165, 1.54) is 37.0 Å². The summed E-state index contributed by atoms with van der Waals surface area (Å²) in [7, 11) is 0. The SMILES string of the molecule is Cc1cc2c(s1)CCCCC2. The summed E-state index contributed by atoms with van der Waals surface area (Å²) in [5, 5.41) is 0. The first-order valence-corrected chi connectivity index (χ1v) is 5.26. The predicted octanol–water partition coefficient (Wildman–Crippen LogP) is 3.33. The van der Waals surface area contributed by atoms with Gasteiger partial charge in [-0.05, 0) is 44.2 Å². The fourth-order valence-electron chi connectivity index (χ4n) is 1.82. The van der Waals surface area contributed by atoms with Crippen LogP contribution >= 0.6 is 11.3 Å². The molecule has 1 heterocycles. The normalized spacial score (nSPS) is 17.5. The van der Waals surface area contributed by atoms with Crippen molar-refractivity contribution >= 4 is 11.3 Å². The minimum absolute atomic E-state index is 1.33. The Morgan fingerprint density at radius 2 is 2.00 bits per heavy atom. The van der Waals surface area contributed by atoms with Crippen molar-refractivity contribution in [3.05, 3.63) is 21.4 Å². The molecule has 1 aliphatic carbocycles. The average Bonchev–Trinajstić information content (AvgIpc) is 2.17. The third kappa shape index (κ3) is 1.48. The molecule has 0 nitrogen and oxygen atoms in total. The minimum atomic E-state index is 1.33. The molecule has 2 rings (SSSR count). The number of fused-ring (bicyclic) bond motifs is 1. The van der Waals surface area contributed by atoms with E-state index in [4.69, 9.17) is 0 Å². The van der Waals surface area contributed by atoms with Gasteiger partial charge in [-0.1, -0.05) is 6.42 Å². The second-order valence-corrected chi connectivity index (χ2v) is 4.71. The first kappa shape index (κ1) is 7.35. The summed E-state index contributed by atoms with van der Waals surface area (Å²) in [5.41, 5.74) is 1.64. The summed E-state index contributed by atoms with van der Waals surface area (Å²) in [6.07, 6.45) is 6.92. The van der Waals surface area contributed by atoms with Crippen LogP contribution in [0.3, 0.4) is 0 Å². The Labute approximate surface area is 72.3 Å². The van der Waals surface area contributed by atoms with E-state index >= 15 is 0 Å². The molecule has 60 valence electrons. The molecule has 0 unspecified atom stereocenters. The molecule has 1 aromatic rings. The molecule has 0 bridgehead atoms. The van der Waals surface area contributed by atoms with Crippen molar-refractivity contribution < 1.29 is 0 Å². The summed E-state index contributed by atoms with van der Waals surface area (Å²) in [6.45, 7) is 2.22. The Bertz CT molecular complexity index is 224. The van der Waals surface area contributed by atoms with Gasteiger partial charge in [-0.2, -0.15) is 0 Å². The monoisotopic (exact) mass is 166 g/mol. The molecule has 11 heavy (non-hydrogen) atoms. The van der Waals surface area contributed by atoms with Crippen LogP contribution in [-0.2, 0) is 12.8 Å². The topological polar surface area (TPSA) is 0 Å². The number of hydrogen-bond acceptors (Lipinski definition) is 1. The quantitative estimate of drug-likeness (QED) is 0.519. The maximum Gasteiger partial charge on any atom is 0.00800 e. The van der Waals surface area contributed by atoms with E-state index in [0.29, 0.717) is 0 Å². The average molecular weight is 166 g/mol. The van der Waals surface area contributed by atoms with Gasteiger partial charge in [0.2, 0.25) is 0 Å². The van der Waals surface area contributed by atoms with E-state index < -0.39 is 0 Å². The Kier molecular flexibility index (Phi) is 1.99. The van der Waals surface area contributed by atoms with Crippen LogP contribution in [0.5, 0.6) is 0 Å². The molecule has 0 amide bonds. The lowest BCUT2D eigenvalue weighted by atomic mass is 10.1. The fourth-order valence-corrected chi connectivity index (χ4v) is 2.94. The number of hydrogen-bond donors (Lipinski definition) is 0. The second kappa shape index (κ2) is 2.98. The molecule has 0 fully saturated rings. The minimum Gasteiger partial charge on any atom is -0.145 e. The van der Waals surface area contributed by atoms with Gasteiger partial charge in [0.15, 0.2) is 0 Å². The molecule has 0 spiro atoms. The highest BCUT2D eigenvalue weighted by atomic mass is 32.1. The van der Waals surface area contributed by atoms with E-state index in [1.807, 2.05) is 11.3 Å². The lowest BCUT2D eigenvalue weighted by Crippen LogP contribution is -1.80. The van der Waals surface area contributed by atoms with Crippen LogP contribution < -0.4 is 0 Å². The van der Waals surface area contributed by atoms with Crippen molar-refractivity contribution in [2.24, 2.45) is 0 Å². The first-order valence-electron chi connectivity index (χ1n) is 4.44. The molecule has 0 atom stereocenters. The van der Waals surface area contributed by atoms with Gasteiger partial charge in [-0.15, -0.1) is 11.3 Å². The third-order valence-corrected chi connectivity index (χ3v) is 3.52. The predicted molar refractivity (Wildman–Crippen MR) is 50.3 cm³/mol. The van der Waals surface area contributed by atoms with Crippen molar-refractivity contribution in [1.82, 2.24) is 0 Å². The smallest absolute Gasteiger partial charge is 0.00800 e. The van der Waals surface area contributed by atoms with Gasteiger partial charge in [-0.3, -0.25) is 0 Å². The molecular weight excluding hydrogens is 152 g/mol. The highest BCUT2D eigenvalue weighted by molar-refractivity contribution is 7.12. The van der Waals surface area contributed by atoms with Gasteiger partial charge in [0.05, 0.1) is 0 Å². The van der Waals surface area contributed by atoms with Crippen LogP contribution in [0.4, 0.5) is 0 Å². The Hall–Kier alpha value is -0.300. The van der Waals surface area contributed by atoms with E-state index in [0.717, 1.165) is 0 Å². The van der Waals surface area contributed by atoms with Crippen LogP contribution in [0.1, 0.15) is 34.6 Å². The summed E-state index contributed by atoms with van der Waals surface area (Å²) >= 11 is 2.00. The number of aryl methyl sites for hydroxylation is 3. The van der Waals surface area contributed by atoms with E-state index in [2.05, 4.69) is 13.0 Å². The van der Waals surface area contributed by atoms with Gasteiger partial charge >= 0.3 is 0 Å². The molecule has 0 radical (unpaired) electrons. The van der Waals surface area contributed by atoms with Crippen LogP contribution in [0.25, 0.3) is 0 Å². The molecule has 1 aromatic heterocycles. The van der Waals surface area contributed by atoms with E-state index in [-0.39, 0.29) is 0 Å². The Balaban J connectivity index is 2.32. The maximum atomic E-state index is 2.38. The zero-order valence-electron chi connectivity index (χ0n) is 7.02. The third-order valence-electron chi connectivity index (χ3n) is 2.37. The highest BCUT2D eigenvalue weighted by Gasteiger charge is 2.09. The second-order valence-electron chi connectivity index (χ2n) is 3.37. The standard InChI is InChI=1S/C10H14S/c1-8-7-9-5-3-2-4-6-10(9)11-8/h7H,2-6H2,1H3. The Morgan fingerprint density at radius 3 is 2.91 bits per heavy atom. The number of thiophene rings is 1. The molecule has 1 aliphatic rings. The van der Waals surface area contributed by atoms with Crippen LogP contribution in [-0.4, -0.2) is 0 Å². The molecule has 0 N–H and O–H groups in total. The maximum absolute atomic E-state index is 2.38. The Morgan fingerprint density at radius 1 is 1.18 bits per heavy atom. The summed E-state index contributed by atoms with van der Waals surface area (Å²) in [6, 6.07) is 2.38. The van der Waals surface area contributed by atoms with Crippen molar-refractivity contribution in [1.29, 1.82) is 0 Å². The van der Waals surface area contributed by atoms with Crippen LogP contribution in [0, 0.1) is 6.92 Å². The summed E-state index contributed by atoms with van der Waals surface area (Å²) in [5.74, 6) is 0. The van der Waals surface area contributed by atoms with Crippen LogP contribution in [0.15, 0.2) is 6.07 Å².